The van der Waals surface area contributed by atoms with E-state index < -0.39 is 4.92 Å². The van der Waals surface area contributed by atoms with Crippen molar-refractivity contribution in [2.45, 2.75) is 6.61 Å². The largest absolute Gasteiger partial charge is 0.468 e. The molecule has 96 valence electrons. The highest BCUT2D eigenvalue weighted by molar-refractivity contribution is 5.49. The molecule has 0 bridgehead atoms. The highest BCUT2D eigenvalue weighted by atomic mass is 16.6. The van der Waals surface area contributed by atoms with Crippen LogP contribution in [0.4, 0.5) is 5.69 Å². The number of rotatable bonds is 5. The Morgan fingerprint density at radius 1 is 1.26 bits per heavy atom. The van der Waals surface area contributed by atoms with Gasteiger partial charge in [0, 0.05) is 6.07 Å². The molecule has 0 N–H and O–H groups in total. The zero-order valence-electron chi connectivity index (χ0n) is 10.2. The second-order valence-electron chi connectivity index (χ2n) is 3.80. The van der Waals surface area contributed by atoms with Crippen LogP contribution in [0.1, 0.15) is 11.3 Å². The van der Waals surface area contributed by atoms with E-state index >= 15 is 0 Å². The van der Waals surface area contributed by atoms with E-state index in [4.69, 9.17) is 4.74 Å². The lowest BCUT2D eigenvalue weighted by Crippen LogP contribution is -2.01. The van der Waals surface area contributed by atoms with Gasteiger partial charge in [-0.3, -0.25) is 10.1 Å². The van der Waals surface area contributed by atoms with Gasteiger partial charge < -0.3 is 4.74 Å². The predicted octanol–water partition coefficient (Wildman–Crippen LogP) is 3.21. The van der Waals surface area contributed by atoms with Gasteiger partial charge in [-0.05, 0) is 17.7 Å². The van der Waals surface area contributed by atoms with Gasteiger partial charge in [0.1, 0.15) is 6.61 Å². The van der Waals surface area contributed by atoms with Crippen molar-refractivity contribution in [2.24, 2.45) is 0 Å². The van der Waals surface area contributed by atoms with Crippen molar-refractivity contribution in [1.82, 2.24) is 4.98 Å². The molecule has 1 aromatic carbocycles. The van der Waals surface area contributed by atoms with Gasteiger partial charge in [0.15, 0.2) is 0 Å². The van der Waals surface area contributed by atoms with Gasteiger partial charge in [-0.25, -0.2) is 4.98 Å². The molecule has 0 fully saturated rings. The Labute approximate surface area is 110 Å². The molecule has 2 rings (SSSR count). The highest BCUT2D eigenvalue weighted by Crippen LogP contribution is 2.25. The first-order valence-electron chi connectivity index (χ1n) is 5.65. The van der Waals surface area contributed by atoms with Crippen LogP contribution in [0.3, 0.4) is 0 Å². The molecule has 5 heteroatoms. The maximum absolute atomic E-state index is 10.9. The van der Waals surface area contributed by atoms with Gasteiger partial charge in [-0.1, -0.05) is 36.9 Å². The third-order valence-electron chi connectivity index (χ3n) is 2.49. The van der Waals surface area contributed by atoms with Crippen molar-refractivity contribution < 1.29 is 9.66 Å². The van der Waals surface area contributed by atoms with Gasteiger partial charge in [0.25, 0.3) is 5.88 Å². The number of nitrogens with zero attached hydrogens (tertiary/aromatic N) is 2. The zero-order valence-corrected chi connectivity index (χ0v) is 10.2. The maximum atomic E-state index is 10.9. The first-order valence-corrected chi connectivity index (χ1v) is 5.65. The van der Waals surface area contributed by atoms with Crippen LogP contribution < -0.4 is 4.74 Å². The summed E-state index contributed by atoms with van der Waals surface area (Å²) in [5.41, 5.74) is 1.30. The third-order valence-corrected chi connectivity index (χ3v) is 2.49. The van der Waals surface area contributed by atoms with E-state index in [2.05, 4.69) is 11.6 Å². The molecule has 0 spiro atoms. The molecule has 19 heavy (non-hydrogen) atoms. The van der Waals surface area contributed by atoms with Crippen LogP contribution in [0.2, 0.25) is 0 Å². The summed E-state index contributed by atoms with van der Waals surface area (Å²) in [6.07, 6.45) is 1.51. The molecular formula is C14H12N2O3. The molecule has 0 unspecified atom stereocenters. The smallest absolute Gasteiger partial charge is 0.331 e. The Morgan fingerprint density at radius 2 is 2.00 bits per heavy atom. The lowest BCUT2D eigenvalue weighted by Gasteiger charge is -2.06. The fourth-order valence-corrected chi connectivity index (χ4v) is 1.53. The fourth-order valence-electron chi connectivity index (χ4n) is 1.53. The van der Waals surface area contributed by atoms with Crippen LogP contribution in [0.25, 0.3) is 6.08 Å². The van der Waals surface area contributed by atoms with E-state index in [1.165, 1.54) is 18.2 Å². The van der Waals surface area contributed by atoms with Crippen LogP contribution in [0.15, 0.2) is 49.0 Å². The standard InChI is InChI=1S/C14H12N2O3/c1-2-12-8-9-13(16(17)18)14(15-12)19-10-11-6-4-3-5-7-11/h2-9H,1,10H2. The first kappa shape index (κ1) is 12.8. The summed E-state index contributed by atoms with van der Waals surface area (Å²) in [4.78, 5) is 14.4. The molecule has 0 saturated carbocycles. The lowest BCUT2D eigenvalue weighted by atomic mass is 10.2. The predicted molar refractivity (Wildman–Crippen MR) is 71.8 cm³/mol. The van der Waals surface area contributed by atoms with Crippen LogP contribution >= 0.6 is 0 Å². The molecule has 0 saturated heterocycles. The molecule has 0 amide bonds. The Bertz CT molecular complexity index is 597. The molecule has 0 radical (unpaired) electrons. The van der Waals surface area contributed by atoms with Crippen molar-refractivity contribution in [1.29, 1.82) is 0 Å². The second-order valence-corrected chi connectivity index (χ2v) is 3.80. The van der Waals surface area contributed by atoms with Crippen molar-refractivity contribution in [3.63, 3.8) is 0 Å². The monoisotopic (exact) mass is 256 g/mol. The Hall–Kier alpha value is -2.69. The summed E-state index contributed by atoms with van der Waals surface area (Å²) >= 11 is 0. The van der Waals surface area contributed by atoms with E-state index in [0.717, 1.165) is 5.56 Å². The van der Waals surface area contributed by atoms with Gasteiger partial charge >= 0.3 is 5.69 Å². The Morgan fingerprint density at radius 3 is 2.63 bits per heavy atom. The van der Waals surface area contributed by atoms with E-state index in [9.17, 15) is 10.1 Å². The van der Waals surface area contributed by atoms with Crippen molar-refractivity contribution >= 4 is 11.8 Å². The lowest BCUT2D eigenvalue weighted by molar-refractivity contribution is -0.386. The van der Waals surface area contributed by atoms with Gasteiger partial charge in [-0.15, -0.1) is 0 Å². The quantitative estimate of drug-likeness (QED) is 0.608. The summed E-state index contributed by atoms with van der Waals surface area (Å²) in [6, 6.07) is 12.3. The number of ether oxygens (including phenoxy) is 1. The first-order chi connectivity index (χ1) is 9.20. The van der Waals surface area contributed by atoms with Crippen LogP contribution in [-0.2, 0) is 6.61 Å². The number of pyridine rings is 1. The molecule has 5 nitrogen and oxygen atoms in total. The normalized spacial score (nSPS) is 9.89. The molecule has 1 aromatic heterocycles. The summed E-state index contributed by atoms with van der Waals surface area (Å²) < 4.78 is 5.43. The molecule has 0 aliphatic carbocycles. The number of nitro groups is 1. The van der Waals surface area contributed by atoms with Crippen LogP contribution in [-0.4, -0.2) is 9.91 Å². The SMILES string of the molecule is C=Cc1ccc([N+](=O)[O-])c(OCc2ccccc2)n1. The average molecular weight is 256 g/mol. The Kier molecular flexibility index (Phi) is 3.87. The van der Waals surface area contributed by atoms with Gasteiger partial charge in [0.05, 0.1) is 10.6 Å². The fraction of sp³-hybridized carbons (Fsp3) is 0.0714. The maximum Gasteiger partial charge on any atom is 0.331 e. The second kappa shape index (κ2) is 5.77. The molecule has 1 heterocycles. The molecular weight excluding hydrogens is 244 g/mol. The van der Waals surface area contributed by atoms with E-state index in [1.807, 2.05) is 30.3 Å². The summed E-state index contributed by atoms with van der Waals surface area (Å²) in [7, 11) is 0. The Balaban J connectivity index is 2.22. The average Bonchev–Trinajstić information content (AvgIpc) is 2.45. The van der Waals surface area contributed by atoms with E-state index in [0.29, 0.717) is 5.69 Å². The zero-order chi connectivity index (χ0) is 13.7. The van der Waals surface area contributed by atoms with Crippen molar-refractivity contribution in [3.8, 4) is 5.88 Å². The number of hydrogen-bond donors (Lipinski definition) is 0. The topological polar surface area (TPSA) is 65.3 Å². The number of aromatic nitrogens is 1. The third kappa shape index (κ3) is 3.16. The molecule has 0 aliphatic heterocycles. The minimum Gasteiger partial charge on any atom is -0.468 e. The van der Waals surface area contributed by atoms with E-state index in [1.54, 1.807) is 0 Å². The molecule has 0 atom stereocenters. The minimum atomic E-state index is -0.514. The van der Waals surface area contributed by atoms with Gasteiger partial charge in [-0.2, -0.15) is 0 Å². The molecule has 0 aliphatic rings. The van der Waals surface area contributed by atoms with Gasteiger partial charge in [0.2, 0.25) is 0 Å². The summed E-state index contributed by atoms with van der Waals surface area (Å²) in [5.74, 6) is 0.00579. The van der Waals surface area contributed by atoms with Crippen LogP contribution in [0, 0.1) is 10.1 Å². The number of benzene rings is 1. The number of hydrogen-bond acceptors (Lipinski definition) is 4. The van der Waals surface area contributed by atoms with Crippen molar-refractivity contribution in [3.05, 3.63) is 70.4 Å². The minimum absolute atomic E-state index is 0.00579. The highest BCUT2D eigenvalue weighted by Gasteiger charge is 2.17. The van der Waals surface area contributed by atoms with Crippen molar-refractivity contribution in [2.75, 3.05) is 0 Å². The summed E-state index contributed by atoms with van der Waals surface area (Å²) in [5, 5.41) is 10.9. The van der Waals surface area contributed by atoms with E-state index in [-0.39, 0.29) is 18.2 Å². The summed E-state index contributed by atoms with van der Waals surface area (Å²) in [6.45, 7) is 3.81. The molecule has 2 aromatic rings. The van der Waals surface area contributed by atoms with Crippen LogP contribution in [0.5, 0.6) is 5.88 Å².